The molecule has 0 aromatic carbocycles. The number of nitrogens with zero attached hydrogens (tertiary/aromatic N) is 2. The number of rotatable bonds is 7. The Morgan fingerprint density at radius 2 is 2.00 bits per heavy atom. The fourth-order valence-corrected chi connectivity index (χ4v) is 2.99. The molecule has 0 amide bonds. The van der Waals surface area contributed by atoms with Crippen LogP contribution in [0.2, 0.25) is 0 Å². The lowest BCUT2D eigenvalue weighted by molar-refractivity contribution is -0.0306. The first-order valence-corrected chi connectivity index (χ1v) is 7.83. The van der Waals surface area contributed by atoms with Crippen LogP contribution in [-0.4, -0.2) is 30.3 Å². The van der Waals surface area contributed by atoms with Crippen LogP contribution >= 0.6 is 0 Å². The summed E-state index contributed by atoms with van der Waals surface area (Å²) < 4.78 is 11.0. The Labute approximate surface area is 121 Å². The lowest BCUT2D eigenvalue weighted by Crippen LogP contribution is -2.28. The summed E-state index contributed by atoms with van der Waals surface area (Å²) in [4.78, 5) is 4.56. The summed E-state index contributed by atoms with van der Waals surface area (Å²) in [7, 11) is 1.72. The van der Waals surface area contributed by atoms with Crippen molar-refractivity contribution in [2.45, 2.75) is 58.0 Å². The Bertz CT molecular complexity index is 387. The molecule has 1 fully saturated rings. The highest BCUT2D eigenvalue weighted by atomic mass is 16.5. The van der Waals surface area contributed by atoms with Crippen LogP contribution in [0, 0.1) is 5.92 Å². The van der Waals surface area contributed by atoms with Crippen LogP contribution in [0.4, 0.5) is 0 Å². The summed E-state index contributed by atoms with van der Waals surface area (Å²) >= 11 is 0. The average Bonchev–Trinajstić information content (AvgIpc) is 2.98. The molecule has 0 aliphatic carbocycles. The maximum absolute atomic E-state index is 5.64. The highest BCUT2D eigenvalue weighted by molar-refractivity contribution is 5.01. The summed E-state index contributed by atoms with van der Waals surface area (Å²) in [6.07, 6.45) is 6.24. The summed E-state index contributed by atoms with van der Waals surface area (Å²) in [6, 6.07) is 0. The summed E-state index contributed by atoms with van der Waals surface area (Å²) in [5.74, 6) is 2.24. The predicted molar refractivity (Wildman–Crippen MR) is 77.5 cm³/mol. The molecule has 1 aromatic rings. The van der Waals surface area contributed by atoms with Crippen molar-refractivity contribution in [3.8, 4) is 0 Å². The minimum atomic E-state index is -0.392. The van der Waals surface area contributed by atoms with Gasteiger partial charge < -0.3 is 14.6 Å². The first-order chi connectivity index (χ1) is 9.74. The van der Waals surface area contributed by atoms with Gasteiger partial charge in [0.25, 0.3) is 0 Å². The SMILES string of the molecule is CCC(CC)(OC)c1noc(CCC2CCNCC2)n1. The van der Waals surface area contributed by atoms with Crippen LogP contribution in [0.1, 0.15) is 57.7 Å². The van der Waals surface area contributed by atoms with Gasteiger partial charge in [-0.3, -0.25) is 0 Å². The molecule has 5 heteroatoms. The van der Waals surface area contributed by atoms with E-state index >= 15 is 0 Å². The molecule has 2 rings (SSSR count). The smallest absolute Gasteiger partial charge is 0.226 e. The van der Waals surface area contributed by atoms with Gasteiger partial charge in [0.1, 0.15) is 5.60 Å². The first-order valence-electron chi connectivity index (χ1n) is 7.83. The number of hydrogen-bond acceptors (Lipinski definition) is 5. The van der Waals surface area contributed by atoms with E-state index in [-0.39, 0.29) is 0 Å². The van der Waals surface area contributed by atoms with E-state index in [1.54, 1.807) is 7.11 Å². The number of aromatic nitrogens is 2. The number of methoxy groups -OCH3 is 1. The molecule has 0 spiro atoms. The van der Waals surface area contributed by atoms with Gasteiger partial charge in [0, 0.05) is 13.5 Å². The monoisotopic (exact) mass is 281 g/mol. The van der Waals surface area contributed by atoms with E-state index in [4.69, 9.17) is 9.26 Å². The van der Waals surface area contributed by atoms with E-state index in [2.05, 4.69) is 29.3 Å². The second kappa shape index (κ2) is 7.18. The van der Waals surface area contributed by atoms with Crippen molar-refractivity contribution < 1.29 is 9.26 Å². The lowest BCUT2D eigenvalue weighted by atomic mass is 9.93. The summed E-state index contributed by atoms with van der Waals surface area (Å²) in [5, 5.41) is 7.53. The summed E-state index contributed by atoms with van der Waals surface area (Å²) in [5.41, 5.74) is -0.392. The fraction of sp³-hybridized carbons (Fsp3) is 0.867. The van der Waals surface area contributed by atoms with Crippen molar-refractivity contribution in [2.75, 3.05) is 20.2 Å². The molecule has 0 unspecified atom stereocenters. The first kappa shape index (κ1) is 15.4. The van der Waals surface area contributed by atoms with Crippen LogP contribution in [0.5, 0.6) is 0 Å². The third-order valence-electron chi connectivity index (χ3n) is 4.63. The second-order valence-corrected chi connectivity index (χ2v) is 5.65. The summed E-state index contributed by atoms with van der Waals surface area (Å²) in [6.45, 7) is 6.46. The van der Waals surface area contributed by atoms with Crippen molar-refractivity contribution in [3.63, 3.8) is 0 Å². The molecule has 5 nitrogen and oxygen atoms in total. The fourth-order valence-electron chi connectivity index (χ4n) is 2.99. The minimum Gasteiger partial charge on any atom is -0.370 e. The number of aryl methyl sites for hydroxylation is 1. The number of hydrogen-bond donors (Lipinski definition) is 1. The lowest BCUT2D eigenvalue weighted by Gasteiger charge is -2.25. The van der Waals surface area contributed by atoms with Gasteiger partial charge >= 0.3 is 0 Å². The van der Waals surface area contributed by atoms with Crippen LogP contribution in [-0.2, 0) is 16.8 Å². The maximum atomic E-state index is 5.64. The number of piperidine rings is 1. The Kier molecular flexibility index (Phi) is 5.54. The molecule has 1 saturated heterocycles. The van der Waals surface area contributed by atoms with Crippen LogP contribution < -0.4 is 5.32 Å². The van der Waals surface area contributed by atoms with Gasteiger partial charge in [-0.25, -0.2) is 0 Å². The minimum absolute atomic E-state index is 0.392. The molecular weight excluding hydrogens is 254 g/mol. The topological polar surface area (TPSA) is 60.2 Å². The van der Waals surface area contributed by atoms with Crippen molar-refractivity contribution in [2.24, 2.45) is 5.92 Å². The van der Waals surface area contributed by atoms with E-state index in [1.807, 2.05) is 0 Å². The normalized spacial score (nSPS) is 17.6. The highest BCUT2D eigenvalue weighted by Gasteiger charge is 2.33. The van der Waals surface area contributed by atoms with Gasteiger partial charge in [-0.05, 0) is 51.1 Å². The van der Waals surface area contributed by atoms with Gasteiger partial charge in [0.15, 0.2) is 0 Å². The molecule has 2 heterocycles. The molecule has 0 atom stereocenters. The van der Waals surface area contributed by atoms with Gasteiger partial charge in [0.05, 0.1) is 0 Å². The van der Waals surface area contributed by atoms with E-state index < -0.39 is 5.60 Å². The molecule has 114 valence electrons. The molecule has 0 bridgehead atoms. The molecule has 1 aliphatic rings. The van der Waals surface area contributed by atoms with E-state index in [9.17, 15) is 0 Å². The third-order valence-corrected chi connectivity index (χ3v) is 4.63. The second-order valence-electron chi connectivity index (χ2n) is 5.65. The Balaban J connectivity index is 1.94. The zero-order chi connectivity index (χ0) is 14.4. The molecule has 1 aromatic heterocycles. The Hall–Kier alpha value is -0.940. The van der Waals surface area contributed by atoms with Gasteiger partial charge in [-0.1, -0.05) is 19.0 Å². The molecule has 0 saturated carbocycles. The number of nitrogens with one attached hydrogen (secondary N) is 1. The Morgan fingerprint density at radius 1 is 1.30 bits per heavy atom. The third kappa shape index (κ3) is 3.38. The zero-order valence-corrected chi connectivity index (χ0v) is 12.9. The van der Waals surface area contributed by atoms with E-state index in [0.717, 1.165) is 50.6 Å². The quantitative estimate of drug-likeness (QED) is 0.832. The van der Waals surface area contributed by atoms with Crippen molar-refractivity contribution >= 4 is 0 Å². The van der Waals surface area contributed by atoms with Gasteiger partial charge in [-0.15, -0.1) is 0 Å². The molecular formula is C15H27N3O2. The van der Waals surface area contributed by atoms with E-state index in [0.29, 0.717) is 5.82 Å². The zero-order valence-electron chi connectivity index (χ0n) is 12.9. The maximum Gasteiger partial charge on any atom is 0.226 e. The van der Waals surface area contributed by atoms with Crippen molar-refractivity contribution in [3.05, 3.63) is 11.7 Å². The van der Waals surface area contributed by atoms with Crippen LogP contribution in [0.3, 0.4) is 0 Å². The van der Waals surface area contributed by atoms with Crippen molar-refractivity contribution in [1.29, 1.82) is 0 Å². The highest BCUT2D eigenvalue weighted by Crippen LogP contribution is 2.30. The number of ether oxygens (including phenoxy) is 1. The van der Waals surface area contributed by atoms with Gasteiger partial charge in [0.2, 0.25) is 11.7 Å². The molecule has 20 heavy (non-hydrogen) atoms. The largest absolute Gasteiger partial charge is 0.370 e. The van der Waals surface area contributed by atoms with Crippen molar-refractivity contribution in [1.82, 2.24) is 15.5 Å². The van der Waals surface area contributed by atoms with Gasteiger partial charge in [-0.2, -0.15) is 4.98 Å². The molecule has 0 radical (unpaired) electrons. The van der Waals surface area contributed by atoms with Crippen LogP contribution in [0.15, 0.2) is 4.52 Å². The molecule has 1 aliphatic heterocycles. The average molecular weight is 281 g/mol. The predicted octanol–water partition coefficient (Wildman–Crippen LogP) is 2.66. The standard InChI is InChI=1S/C15H27N3O2/c1-4-15(5-2,19-3)14-17-13(20-18-14)7-6-12-8-10-16-11-9-12/h12,16H,4-11H2,1-3H3. The Morgan fingerprint density at radius 3 is 2.60 bits per heavy atom. The van der Waals surface area contributed by atoms with E-state index in [1.165, 1.54) is 12.8 Å². The van der Waals surface area contributed by atoms with Crippen LogP contribution in [0.25, 0.3) is 0 Å². The molecule has 1 N–H and O–H groups in total.